The predicted octanol–water partition coefficient (Wildman–Crippen LogP) is 1.22. The number of pyridine rings is 1. The Morgan fingerprint density at radius 3 is 2.90 bits per heavy atom. The fraction of sp³-hybridized carbons (Fsp3) is 0.400. The van der Waals surface area contributed by atoms with Crippen LogP contribution in [0.5, 0.6) is 0 Å². The molecule has 2 N–H and O–H groups in total. The molecule has 1 amide bonds. The van der Waals surface area contributed by atoms with Crippen LogP contribution < -0.4 is 5.32 Å². The number of amides is 1. The van der Waals surface area contributed by atoms with Gasteiger partial charge in [-0.05, 0) is 38.3 Å². The number of hydrogen-bond acceptors (Lipinski definition) is 4. The zero-order valence-electron chi connectivity index (χ0n) is 11.9. The number of aliphatic hydroxyl groups is 1. The molecule has 6 heteroatoms. The normalized spacial score (nSPS) is 16.3. The molecule has 1 fully saturated rings. The molecule has 0 atom stereocenters. The Labute approximate surface area is 122 Å². The van der Waals surface area contributed by atoms with E-state index in [1.54, 1.807) is 10.9 Å². The van der Waals surface area contributed by atoms with Gasteiger partial charge in [-0.15, -0.1) is 0 Å². The van der Waals surface area contributed by atoms with Crippen molar-refractivity contribution < 1.29 is 9.90 Å². The summed E-state index contributed by atoms with van der Waals surface area (Å²) in [5.74, 6) is 0.460. The van der Waals surface area contributed by atoms with Crippen molar-refractivity contribution in [2.45, 2.75) is 31.8 Å². The number of nitrogens with one attached hydrogen (secondary N) is 1. The minimum atomic E-state index is -0.722. The smallest absolute Gasteiger partial charge is 0.254 e. The van der Waals surface area contributed by atoms with Gasteiger partial charge in [-0.1, -0.05) is 6.07 Å². The highest BCUT2D eigenvalue weighted by molar-refractivity contribution is 5.95. The first-order valence-corrected chi connectivity index (χ1v) is 7.06. The standard InChI is InChI=1S/C15H18N4O2/c1-11-12(14(20)17-10-15(21)6-4-7-15)9-18-19(11)13-5-2-3-8-16-13/h2-3,5,8-9,21H,4,6-7,10H2,1H3,(H,17,20). The lowest BCUT2D eigenvalue weighted by atomic mass is 9.80. The third kappa shape index (κ3) is 2.67. The summed E-state index contributed by atoms with van der Waals surface area (Å²) in [7, 11) is 0. The first-order valence-electron chi connectivity index (χ1n) is 7.06. The average molecular weight is 286 g/mol. The zero-order valence-corrected chi connectivity index (χ0v) is 11.9. The van der Waals surface area contributed by atoms with Crippen molar-refractivity contribution in [1.29, 1.82) is 0 Å². The van der Waals surface area contributed by atoms with Crippen LogP contribution in [-0.4, -0.2) is 37.9 Å². The largest absolute Gasteiger partial charge is 0.388 e. The molecule has 2 aromatic rings. The van der Waals surface area contributed by atoms with Crippen LogP contribution in [0.3, 0.4) is 0 Å². The van der Waals surface area contributed by atoms with Crippen LogP contribution in [0.25, 0.3) is 5.82 Å². The van der Waals surface area contributed by atoms with Crippen LogP contribution in [0.4, 0.5) is 0 Å². The topological polar surface area (TPSA) is 80.0 Å². The molecule has 2 heterocycles. The first kappa shape index (κ1) is 13.8. The SMILES string of the molecule is Cc1c(C(=O)NCC2(O)CCC2)cnn1-c1ccccn1. The van der Waals surface area contributed by atoms with Crippen LogP contribution in [0.1, 0.15) is 35.3 Å². The third-order valence-electron chi connectivity index (χ3n) is 3.98. The molecule has 6 nitrogen and oxygen atoms in total. The Morgan fingerprint density at radius 1 is 1.48 bits per heavy atom. The van der Waals surface area contributed by atoms with Crippen LogP contribution in [0.15, 0.2) is 30.6 Å². The van der Waals surface area contributed by atoms with Gasteiger partial charge in [0.05, 0.1) is 23.1 Å². The summed E-state index contributed by atoms with van der Waals surface area (Å²) in [6.45, 7) is 2.12. The summed E-state index contributed by atoms with van der Waals surface area (Å²) < 4.78 is 1.63. The Bertz CT molecular complexity index is 647. The molecule has 2 aromatic heterocycles. The molecule has 21 heavy (non-hydrogen) atoms. The molecular formula is C15H18N4O2. The Morgan fingerprint density at radius 2 is 2.29 bits per heavy atom. The van der Waals surface area contributed by atoms with E-state index >= 15 is 0 Å². The van der Waals surface area contributed by atoms with Crippen molar-refractivity contribution >= 4 is 5.91 Å². The predicted molar refractivity (Wildman–Crippen MR) is 77.2 cm³/mol. The lowest BCUT2D eigenvalue weighted by molar-refractivity contribution is -0.0300. The van der Waals surface area contributed by atoms with E-state index in [-0.39, 0.29) is 5.91 Å². The number of nitrogens with zero attached hydrogens (tertiary/aromatic N) is 3. The second-order valence-corrected chi connectivity index (χ2v) is 5.50. The number of rotatable bonds is 4. The van der Waals surface area contributed by atoms with Gasteiger partial charge in [-0.2, -0.15) is 5.10 Å². The maximum absolute atomic E-state index is 12.2. The van der Waals surface area contributed by atoms with Crippen molar-refractivity contribution in [3.8, 4) is 5.82 Å². The average Bonchev–Trinajstić information content (AvgIpc) is 2.85. The molecule has 0 saturated heterocycles. The molecule has 1 saturated carbocycles. The Kier molecular flexibility index (Phi) is 3.47. The van der Waals surface area contributed by atoms with E-state index in [1.807, 2.05) is 25.1 Å². The van der Waals surface area contributed by atoms with E-state index in [9.17, 15) is 9.90 Å². The Hall–Kier alpha value is -2.21. The molecule has 0 bridgehead atoms. The minimum Gasteiger partial charge on any atom is -0.388 e. The summed E-state index contributed by atoms with van der Waals surface area (Å²) in [6.07, 6.45) is 5.73. The van der Waals surface area contributed by atoms with Crippen molar-refractivity contribution in [2.24, 2.45) is 0 Å². The minimum absolute atomic E-state index is 0.213. The van der Waals surface area contributed by atoms with Crippen LogP contribution in [-0.2, 0) is 0 Å². The first-order chi connectivity index (χ1) is 10.1. The van der Waals surface area contributed by atoms with Gasteiger partial charge in [-0.25, -0.2) is 9.67 Å². The van der Waals surface area contributed by atoms with Crippen molar-refractivity contribution in [3.05, 3.63) is 41.9 Å². The monoisotopic (exact) mass is 286 g/mol. The highest BCUT2D eigenvalue weighted by atomic mass is 16.3. The lowest BCUT2D eigenvalue weighted by Gasteiger charge is -2.36. The number of aromatic nitrogens is 3. The molecule has 0 radical (unpaired) electrons. The van der Waals surface area contributed by atoms with Crippen LogP contribution in [0.2, 0.25) is 0 Å². The van der Waals surface area contributed by atoms with Gasteiger partial charge in [0.15, 0.2) is 5.82 Å². The van der Waals surface area contributed by atoms with E-state index in [1.165, 1.54) is 6.20 Å². The second kappa shape index (κ2) is 5.29. The molecule has 1 aliphatic carbocycles. The van der Waals surface area contributed by atoms with E-state index in [2.05, 4.69) is 15.4 Å². The van der Waals surface area contributed by atoms with Gasteiger partial charge >= 0.3 is 0 Å². The van der Waals surface area contributed by atoms with Gasteiger partial charge in [0.2, 0.25) is 0 Å². The maximum Gasteiger partial charge on any atom is 0.254 e. The van der Waals surface area contributed by atoms with E-state index < -0.39 is 5.60 Å². The molecular weight excluding hydrogens is 268 g/mol. The quantitative estimate of drug-likeness (QED) is 0.885. The zero-order chi connectivity index (χ0) is 14.9. The van der Waals surface area contributed by atoms with Crippen LogP contribution in [0, 0.1) is 6.92 Å². The van der Waals surface area contributed by atoms with Crippen molar-refractivity contribution in [1.82, 2.24) is 20.1 Å². The fourth-order valence-electron chi connectivity index (χ4n) is 2.44. The summed E-state index contributed by atoms with van der Waals surface area (Å²) in [6, 6.07) is 5.53. The van der Waals surface area contributed by atoms with Crippen molar-refractivity contribution in [2.75, 3.05) is 6.54 Å². The highest BCUT2D eigenvalue weighted by Gasteiger charge is 2.34. The summed E-state index contributed by atoms with van der Waals surface area (Å²) >= 11 is 0. The molecule has 110 valence electrons. The molecule has 1 aliphatic rings. The highest BCUT2D eigenvalue weighted by Crippen LogP contribution is 2.30. The Balaban J connectivity index is 1.74. The number of carbonyl (C=O) groups is 1. The molecule has 3 rings (SSSR count). The fourth-order valence-corrected chi connectivity index (χ4v) is 2.44. The molecule has 0 spiro atoms. The lowest BCUT2D eigenvalue weighted by Crippen LogP contribution is -2.47. The molecule has 0 aromatic carbocycles. The van der Waals surface area contributed by atoms with Crippen LogP contribution >= 0.6 is 0 Å². The van der Waals surface area contributed by atoms with E-state index in [4.69, 9.17) is 0 Å². The molecule has 0 aliphatic heterocycles. The summed E-state index contributed by atoms with van der Waals surface area (Å²) in [5, 5.41) is 17.0. The van der Waals surface area contributed by atoms with Gasteiger partial charge in [0, 0.05) is 12.7 Å². The van der Waals surface area contributed by atoms with E-state index in [0.29, 0.717) is 17.9 Å². The van der Waals surface area contributed by atoms with E-state index in [0.717, 1.165) is 25.0 Å². The van der Waals surface area contributed by atoms with Gasteiger partial charge in [-0.3, -0.25) is 4.79 Å². The maximum atomic E-state index is 12.2. The summed E-state index contributed by atoms with van der Waals surface area (Å²) in [4.78, 5) is 16.4. The number of carbonyl (C=O) groups excluding carboxylic acids is 1. The second-order valence-electron chi connectivity index (χ2n) is 5.50. The van der Waals surface area contributed by atoms with Gasteiger partial charge in [0.1, 0.15) is 0 Å². The molecule has 0 unspecified atom stereocenters. The summed E-state index contributed by atoms with van der Waals surface area (Å²) in [5.41, 5.74) is 0.510. The van der Waals surface area contributed by atoms with Gasteiger partial charge < -0.3 is 10.4 Å². The van der Waals surface area contributed by atoms with Crippen molar-refractivity contribution in [3.63, 3.8) is 0 Å². The number of hydrogen-bond donors (Lipinski definition) is 2. The third-order valence-corrected chi connectivity index (χ3v) is 3.98. The van der Waals surface area contributed by atoms with Gasteiger partial charge in [0.25, 0.3) is 5.91 Å².